The van der Waals surface area contributed by atoms with Crippen LogP contribution in [0.3, 0.4) is 0 Å². The second-order valence-corrected chi connectivity index (χ2v) is 12.5. The molecule has 1 nitrogen and oxygen atoms in total. The van der Waals surface area contributed by atoms with Gasteiger partial charge in [0.2, 0.25) is 0 Å². The van der Waals surface area contributed by atoms with E-state index < -0.39 is 0 Å². The number of hydrogen-bond donors (Lipinski definition) is 0. The summed E-state index contributed by atoms with van der Waals surface area (Å²) in [5.41, 5.74) is 2.66. The Morgan fingerprint density at radius 1 is 0.463 bits per heavy atom. The SMILES string of the molecule is C1=CC2CC1CC2CN(c1ccc2ccc3cccc4ccc1c2c34)c1ccc2ccc3cccc4ccc1c2c34. The van der Waals surface area contributed by atoms with Crippen LogP contribution in [0.25, 0.3) is 64.6 Å². The van der Waals surface area contributed by atoms with Crippen molar-refractivity contribution in [3.63, 3.8) is 0 Å². The Labute approximate surface area is 239 Å². The van der Waals surface area contributed by atoms with E-state index in [1.165, 1.54) is 88.9 Å². The average Bonchev–Trinajstić information content (AvgIpc) is 3.65. The van der Waals surface area contributed by atoms with Crippen molar-refractivity contribution in [2.75, 3.05) is 11.4 Å². The van der Waals surface area contributed by atoms with Crippen molar-refractivity contribution >= 4 is 76.0 Å². The highest BCUT2D eigenvalue weighted by atomic mass is 15.1. The largest absolute Gasteiger partial charge is 0.340 e. The molecule has 0 amide bonds. The maximum absolute atomic E-state index is 2.69. The van der Waals surface area contributed by atoms with Gasteiger partial charge in [-0.2, -0.15) is 0 Å². The van der Waals surface area contributed by atoms with Crippen LogP contribution < -0.4 is 4.90 Å². The van der Waals surface area contributed by atoms with Crippen LogP contribution >= 0.6 is 0 Å². The van der Waals surface area contributed by atoms with Gasteiger partial charge < -0.3 is 4.90 Å². The molecule has 1 heteroatoms. The van der Waals surface area contributed by atoms with Crippen molar-refractivity contribution in [2.45, 2.75) is 12.8 Å². The minimum atomic E-state index is 0.669. The van der Waals surface area contributed by atoms with E-state index in [1.54, 1.807) is 0 Å². The van der Waals surface area contributed by atoms with Crippen molar-refractivity contribution in [3.05, 3.63) is 121 Å². The third-order valence-electron chi connectivity index (χ3n) is 10.4. The van der Waals surface area contributed by atoms with Gasteiger partial charge in [0.1, 0.15) is 0 Å². The van der Waals surface area contributed by atoms with Gasteiger partial charge in [0.15, 0.2) is 0 Å². The molecule has 0 N–H and O–H groups in total. The van der Waals surface area contributed by atoms with Crippen LogP contribution in [0, 0.1) is 17.8 Å². The highest BCUT2D eigenvalue weighted by Gasteiger charge is 2.37. The Morgan fingerprint density at radius 2 is 0.927 bits per heavy atom. The fourth-order valence-electron chi connectivity index (χ4n) is 8.58. The summed E-state index contributed by atoms with van der Waals surface area (Å²) in [6, 6.07) is 41.5. The molecule has 194 valence electrons. The number of rotatable bonds is 4. The van der Waals surface area contributed by atoms with Crippen LogP contribution in [-0.4, -0.2) is 6.54 Å². The van der Waals surface area contributed by atoms with E-state index in [-0.39, 0.29) is 0 Å². The normalized spacial score (nSPS) is 20.2. The summed E-state index contributed by atoms with van der Waals surface area (Å²) < 4.78 is 0. The van der Waals surface area contributed by atoms with E-state index in [4.69, 9.17) is 0 Å². The van der Waals surface area contributed by atoms with E-state index >= 15 is 0 Å². The lowest BCUT2D eigenvalue weighted by molar-refractivity contribution is 0.456. The first-order chi connectivity index (χ1) is 20.3. The summed E-state index contributed by atoms with van der Waals surface area (Å²) in [5.74, 6) is 2.12. The van der Waals surface area contributed by atoms with Gasteiger partial charge in [-0.05, 0) is 96.6 Å². The average molecular weight is 524 g/mol. The van der Waals surface area contributed by atoms with Crippen LogP contribution in [0.5, 0.6) is 0 Å². The molecule has 0 radical (unpaired) electrons. The number of benzene rings is 8. The molecule has 3 unspecified atom stereocenters. The highest BCUT2D eigenvalue weighted by molar-refractivity contribution is 6.27. The molecule has 2 aliphatic rings. The lowest BCUT2D eigenvalue weighted by Gasteiger charge is -2.33. The summed E-state index contributed by atoms with van der Waals surface area (Å²) in [7, 11) is 0. The Kier molecular flexibility index (Phi) is 4.31. The van der Waals surface area contributed by atoms with Crippen molar-refractivity contribution in [2.24, 2.45) is 17.8 Å². The third kappa shape index (κ3) is 3.01. The van der Waals surface area contributed by atoms with Gasteiger partial charge in [0, 0.05) is 28.7 Å². The Balaban J connectivity index is 1.27. The Morgan fingerprint density at radius 3 is 1.39 bits per heavy atom. The standard InChI is InChI=1S/C40H29N/c1-3-25-9-11-29-15-19-35(33-17-13-27(5-1)37(25)39(29)33)41(23-32-22-24-7-8-31(32)21-24)36-20-16-30-12-10-26-4-2-6-28-14-18-34(36)40(30)38(26)28/h1-20,24,31-32H,21-23H2. The smallest absolute Gasteiger partial charge is 0.0491 e. The van der Waals surface area contributed by atoms with Gasteiger partial charge in [-0.1, -0.05) is 109 Å². The van der Waals surface area contributed by atoms with E-state index in [2.05, 4.69) is 126 Å². The minimum absolute atomic E-state index is 0.669. The predicted molar refractivity (Wildman–Crippen MR) is 176 cm³/mol. The van der Waals surface area contributed by atoms with E-state index in [1.807, 2.05) is 0 Å². The van der Waals surface area contributed by atoms with Crippen LogP contribution in [0.4, 0.5) is 11.4 Å². The lowest BCUT2D eigenvalue weighted by atomic mass is 9.89. The predicted octanol–water partition coefficient (Wildman–Crippen LogP) is 10.8. The van der Waals surface area contributed by atoms with Crippen molar-refractivity contribution in [1.82, 2.24) is 0 Å². The molecule has 0 aliphatic heterocycles. The van der Waals surface area contributed by atoms with Gasteiger partial charge >= 0.3 is 0 Å². The van der Waals surface area contributed by atoms with Crippen LogP contribution in [0.15, 0.2) is 121 Å². The monoisotopic (exact) mass is 523 g/mol. The van der Waals surface area contributed by atoms with Crippen molar-refractivity contribution < 1.29 is 0 Å². The summed E-state index contributed by atoms with van der Waals surface area (Å²) >= 11 is 0. The van der Waals surface area contributed by atoms with Crippen LogP contribution in [0.2, 0.25) is 0 Å². The number of anilines is 2. The molecular weight excluding hydrogens is 494 g/mol. The molecule has 1 fully saturated rings. The summed E-state index contributed by atoms with van der Waals surface area (Å²) in [4.78, 5) is 2.69. The molecule has 41 heavy (non-hydrogen) atoms. The summed E-state index contributed by atoms with van der Waals surface area (Å²) in [6.07, 6.45) is 7.61. The van der Waals surface area contributed by atoms with E-state index in [0.29, 0.717) is 11.8 Å². The Bertz CT molecular complexity index is 2150. The molecular formula is C40H29N. The maximum Gasteiger partial charge on any atom is 0.0491 e. The van der Waals surface area contributed by atoms with Gasteiger partial charge in [0.25, 0.3) is 0 Å². The molecule has 0 saturated heterocycles. The second-order valence-electron chi connectivity index (χ2n) is 12.5. The quantitative estimate of drug-likeness (QED) is 0.164. The molecule has 1 saturated carbocycles. The van der Waals surface area contributed by atoms with E-state index in [0.717, 1.165) is 12.5 Å². The zero-order chi connectivity index (χ0) is 26.7. The topological polar surface area (TPSA) is 3.24 Å². The second kappa shape index (κ2) is 7.98. The fourth-order valence-corrected chi connectivity index (χ4v) is 8.58. The van der Waals surface area contributed by atoms with Crippen LogP contribution in [-0.2, 0) is 0 Å². The lowest BCUT2D eigenvalue weighted by Crippen LogP contribution is -2.27. The van der Waals surface area contributed by atoms with Gasteiger partial charge in [-0.15, -0.1) is 0 Å². The molecule has 0 aromatic heterocycles. The fraction of sp³-hybridized carbons (Fsp3) is 0.150. The number of nitrogens with zero attached hydrogens (tertiary/aromatic N) is 1. The molecule has 2 bridgehead atoms. The first-order valence-electron chi connectivity index (χ1n) is 15.1. The number of fused-ring (bicyclic) bond motifs is 2. The number of hydrogen-bond acceptors (Lipinski definition) is 1. The molecule has 8 aromatic rings. The van der Waals surface area contributed by atoms with Gasteiger partial charge in [-0.25, -0.2) is 0 Å². The molecule has 3 atom stereocenters. The van der Waals surface area contributed by atoms with E-state index in [9.17, 15) is 0 Å². The van der Waals surface area contributed by atoms with Crippen LogP contribution in [0.1, 0.15) is 12.8 Å². The Hall–Kier alpha value is -4.62. The van der Waals surface area contributed by atoms with Gasteiger partial charge in [0.05, 0.1) is 0 Å². The molecule has 8 aromatic carbocycles. The molecule has 2 aliphatic carbocycles. The molecule has 0 heterocycles. The zero-order valence-electron chi connectivity index (χ0n) is 22.8. The summed E-state index contributed by atoms with van der Waals surface area (Å²) in [6.45, 7) is 1.04. The van der Waals surface area contributed by atoms with Gasteiger partial charge in [-0.3, -0.25) is 0 Å². The summed E-state index contributed by atoms with van der Waals surface area (Å²) in [5, 5.41) is 16.2. The van der Waals surface area contributed by atoms with Crippen molar-refractivity contribution in [3.8, 4) is 0 Å². The molecule has 0 spiro atoms. The highest BCUT2D eigenvalue weighted by Crippen LogP contribution is 2.48. The zero-order valence-corrected chi connectivity index (χ0v) is 22.8. The third-order valence-corrected chi connectivity index (χ3v) is 10.4. The maximum atomic E-state index is 2.69. The first kappa shape index (κ1) is 22.1. The minimum Gasteiger partial charge on any atom is -0.340 e. The van der Waals surface area contributed by atoms with Crippen molar-refractivity contribution in [1.29, 1.82) is 0 Å². The molecule has 10 rings (SSSR count). The number of allylic oxidation sites excluding steroid dienone is 2. The first-order valence-corrected chi connectivity index (χ1v) is 15.1.